The molecule has 1 fully saturated rings. The van der Waals surface area contributed by atoms with Gasteiger partial charge < -0.3 is 27.7 Å². The highest BCUT2D eigenvalue weighted by molar-refractivity contribution is 5.84. The summed E-state index contributed by atoms with van der Waals surface area (Å²) in [6.07, 6.45) is 0. The summed E-state index contributed by atoms with van der Waals surface area (Å²) in [6.45, 7) is -0.140. The monoisotopic (exact) mass is 146 g/mol. The minimum atomic E-state index is -1.76. The fourth-order valence-electron chi connectivity index (χ4n) is 0.614. The van der Waals surface area contributed by atoms with E-state index in [9.17, 15) is 4.79 Å². The van der Waals surface area contributed by atoms with Crippen LogP contribution in [0.2, 0.25) is 0 Å². The summed E-state index contributed by atoms with van der Waals surface area (Å²) in [5.74, 6) is -0.766. The van der Waals surface area contributed by atoms with E-state index in [1.54, 1.807) is 0 Å². The van der Waals surface area contributed by atoms with E-state index in [4.69, 9.17) is 22.9 Å². The molecule has 8 N–H and O–H groups in total. The van der Waals surface area contributed by atoms with Crippen LogP contribution >= 0.6 is 0 Å². The van der Waals surface area contributed by atoms with Crippen molar-refractivity contribution in [3.8, 4) is 0 Å². The third-order valence-electron chi connectivity index (χ3n) is 1.55. The molecule has 0 bridgehead atoms. The molecule has 1 saturated heterocycles. The van der Waals surface area contributed by atoms with Gasteiger partial charge in [0.05, 0.1) is 0 Å². The lowest BCUT2D eigenvalue weighted by Crippen LogP contribution is -2.76. The Kier molecular flexibility index (Phi) is 1.24. The summed E-state index contributed by atoms with van der Waals surface area (Å²) < 4.78 is 4.44. The average molecular weight is 146 g/mol. The zero-order chi connectivity index (χ0) is 7.99. The van der Waals surface area contributed by atoms with Crippen molar-refractivity contribution in [1.82, 2.24) is 0 Å². The first-order chi connectivity index (χ1) is 4.38. The van der Waals surface area contributed by atoms with E-state index in [0.717, 1.165) is 0 Å². The largest absolute Gasteiger partial charge is 0.460 e. The molecule has 6 heteroatoms. The smallest absolute Gasteiger partial charge is 0.344 e. The Bertz CT molecular complexity index is 176. The van der Waals surface area contributed by atoms with Gasteiger partial charge in [-0.2, -0.15) is 0 Å². The minimum Gasteiger partial charge on any atom is -0.460 e. The Morgan fingerprint density at radius 1 is 1.30 bits per heavy atom. The molecule has 0 radical (unpaired) electrons. The number of esters is 1. The van der Waals surface area contributed by atoms with E-state index in [2.05, 4.69) is 4.74 Å². The summed E-state index contributed by atoms with van der Waals surface area (Å²) in [6, 6.07) is 0. The molecule has 0 aromatic heterocycles. The number of carbonyl (C=O) groups excluding carboxylic acids is 1. The van der Waals surface area contributed by atoms with Crippen molar-refractivity contribution < 1.29 is 9.53 Å². The van der Waals surface area contributed by atoms with Crippen LogP contribution in [-0.4, -0.2) is 23.9 Å². The van der Waals surface area contributed by atoms with Gasteiger partial charge in [-0.1, -0.05) is 0 Å². The van der Waals surface area contributed by atoms with Gasteiger partial charge in [-0.3, -0.25) is 0 Å². The number of hydrogen-bond acceptors (Lipinski definition) is 6. The molecule has 0 aromatic carbocycles. The fourth-order valence-corrected chi connectivity index (χ4v) is 0.614. The highest BCUT2D eigenvalue weighted by atomic mass is 16.5. The molecule has 1 aliphatic rings. The Morgan fingerprint density at radius 3 is 1.90 bits per heavy atom. The van der Waals surface area contributed by atoms with Crippen molar-refractivity contribution in [1.29, 1.82) is 0 Å². The van der Waals surface area contributed by atoms with Crippen LogP contribution in [0.1, 0.15) is 0 Å². The molecule has 0 spiro atoms. The summed E-state index contributed by atoms with van der Waals surface area (Å²) >= 11 is 0. The Labute approximate surface area is 57.5 Å². The predicted molar refractivity (Wildman–Crippen MR) is 33.2 cm³/mol. The van der Waals surface area contributed by atoms with Crippen LogP contribution in [-0.2, 0) is 9.53 Å². The molecule has 10 heavy (non-hydrogen) atoms. The van der Waals surface area contributed by atoms with Crippen molar-refractivity contribution in [2.45, 2.75) is 11.3 Å². The molecule has 0 amide bonds. The molecule has 0 unspecified atom stereocenters. The van der Waals surface area contributed by atoms with Crippen molar-refractivity contribution in [3.05, 3.63) is 0 Å². The third kappa shape index (κ3) is 0.706. The fraction of sp³-hybridized carbons (Fsp3) is 0.750. The van der Waals surface area contributed by atoms with Gasteiger partial charge in [0.15, 0.2) is 5.66 Å². The van der Waals surface area contributed by atoms with E-state index >= 15 is 0 Å². The van der Waals surface area contributed by atoms with Crippen molar-refractivity contribution in [3.63, 3.8) is 0 Å². The lowest BCUT2D eigenvalue weighted by atomic mass is 10.0. The molecular weight excluding hydrogens is 136 g/mol. The molecular formula is C4H10N4O2. The second-order valence-electron chi connectivity index (χ2n) is 2.49. The SMILES string of the molecule is NC1(N)COC(=O)C1(N)N. The van der Waals surface area contributed by atoms with Crippen LogP contribution in [0.4, 0.5) is 0 Å². The van der Waals surface area contributed by atoms with Gasteiger partial charge in [-0.15, -0.1) is 0 Å². The van der Waals surface area contributed by atoms with Crippen LogP contribution in [0.5, 0.6) is 0 Å². The van der Waals surface area contributed by atoms with Gasteiger partial charge in [0, 0.05) is 0 Å². The zero-order valence-corrected chi connectivity index (χ0v) is 5.33. The second-order valence-corrected chi connectivity index (χ2v) is 2.49. The lowest BCUT2D eigenvalue weighted by molar-refractivity contribution is -0.142. The average Bonchev–Trinajstić information content (AvgIpc) is 1.94. The summed E-state index contributed by atoms with van der Waals surface area (Å²) in [5, 5.41) is 0. The molecule has 1 rings (SSSR count). The van der Waals surface area contributed by atoms with Gasteiger partial charge in [0.2, 0.25) is 0 Å². The first-order valence-corrected chi connectivity index (χ1v) is 2.71. The molecule has 0 atom stereocenters. The topological polar surface area (TPSA) is 130 Å². The zero-order valence-electron chi connectivity index (χ0n) is 5.33. The Balaban J connectivity index is 2.95. The van der Waals surface area contributed by atoms with E-state index in [1.165, 1.54) is 0 Å². The van der Waals surface area contributed by atoms with Crippen LogP contribution in [0.25, 0.3) is 0 Å². The van der Waals surface area contributed by atoms with Crippen LogP contribution < -0.4 is 22.9 Å². The van der Waals surface area contributed by atoms with Gasteiger partial charge in [0.1, 0.15) is 12.3 Å². The van der Waals surface area contributed by atoms with Crippen LogP contribution in [0.3, 0.4) is 0 Å². The number of rotatable bonds is 0. The number of cyclic esters (lactones) is 1. The molecule has 58 valence electrons. The number of carbonyl (C=O) groups is 1. The number of nitrogens with two attached hydrogens (primary N) is 4. The van der Waals surface area contributed by atoms with E-state index in [1.807, 2.05) is 0 Å². The maximum atomic E-state index is 10.7. The molecule has 1 heterocycles. The molecule has 6 nitrogen and oxygen atoms in total. The van der Waals surface area contributed by atoms with Gasteiger partial charge >= 0.3 is 5.97 Å². The Hall–Kier alpha value is -0.690. The lowest BCUT2D eigenvalue weighted by Gasteiger charge is -2.27. The van der Waals surface area contributed by atoms with Crippen LogP contribution in [0.15, 0.2) is 0 Å². The standard InChI is InChI=1S/C4H10N4O2/c5-3(6)1-10-2(9)4(3,7)8/h1,5-8H2. The number of hydrogen-bond donors (Lipinski definition) is 4. The maximum absolute atomic E-state index is 10.7. The second kappa shape index (κ2) is 1.67. The quantitative estimate of drug-likeness (QED) is 0.210. The maximum Gasteiger partial charge on any atom is 0.344 e. The normalized spacial score (nSPS) is 28.2. The van der Waals surface area contributed by atoms with Crippen molar-refractivity contribution in [2.75, 3.05) is 6.61 Å². The summed E-state index contributed by atoms with van der Waals surface area (Å²) in [7, 11) is 0. The first-order valence-electron chi connectivity index (χ1n) is 2.71. The van der Waals surface area contributed by atoms with E-state index < -0.39 is 17.3 Å². The first kappa shape index (κ1) is 7.42. The van der Waals surface area contributed by atoms with E-state index in [0.29, 0.717) is 0 Å². The molecule has 0 saturated carbocycles. The number of ether oxygens (including phenoxy) is 1. The summed E-state index contributed by atoms with van der Waals surface area (Å²) in [4.78, 5) is 10.7. The predicted octanol–water partition coefficient (Wildman–Crippen LogP) is -3.23. The third-order valence-corrected chi connectivity index (χ3v) is 1.55. The molecule has 0 aliphatic carbocycles. The minimum absolute atomic E-state index is 0.140. The van der Waals surface area contributed by atoms with E-state index in [-0.39, 0.29) is 6.61 Å². The van der Waals surface area contributed by atoms with Gasteiger partial charge in [-0.05, 0) is 0 Å². The highest BCUT2D eigenvalue weighted by Gasteiger charge is 2.54. The molecule has 0 aromatic rings. The van der Waals surface area contributed by atoms with Gasteiger partial charge in [-0.25, -0.2) is 4.79 Å². The summed E-state index contributed by atoms with van der Waals surface area (Å²) in [5.41, 5.74) is 17.9. The molecule has 1 aliphatic heterocycles. The van der Waals surface area contributed by atoms with Crippen molar-refractivity contribution in [2.24, 2.45) is 22.9 Å². The highest BCUT2D eigenvalue weighted by Crippen LogP contribution is 2.16. The van der Waals surface area contributed by atoms with Crippen molar-refractivity contribution >= 4 is 5.97 Å². The Morgan fingerprint density at radius 2 is 1.80 bits per heavy atom. The van der Waals surface area contributed by atoms with Gasteiger partial charge in [0.25, 0.3) is 0 Å². The van der Waals surface area contributed by atoms with Crippen LogP contribution in [0, 0.1) is 0 Å².